The summed E-state index contributed by atoms with van der Waals surface area (Å²) in [6, 6.07) is 0. The third-order valence-electron chi connectivity index (χ3n) is 7.48. The highest BCUT2D eigenvalue weighted by molar-refractivity contribution is 5.69. The van der Waals surface area contributed by atoms with Crippen molar-refractivity contribution in [3.8, 4) is 0 Å². The van der Waals surface area contributed by atoms with Crippen LogP contribution in [0.4, 0.5) is 0 Å². The van der Waals surface area contributed by atoms with Crippen molar-refractivity contribution in [3.63, 3.8) is 0 Å². The van der Waals surface area contributed by atoms with Gasteiger partial charge in [0.2, 0.25) is 0 Å². The van der Waals surface area contributed by atoms with Crippen molar-refractivity contribution < 1.29 is 24.5 Å². The Morgan fingerprint density at radius 2 is 2.00 bits per heavy atom. The van der Waals surface area contributed by atoms with Crippen molar-refractivity contribution in [2.24, 2.45) is 23.7 Å². The second kappa shape index (κ2) is 8.52. The van der Waals surface area contributed by atoms with Crippen molar-refractivity contribution in [1.82, 2.24) is 0 Å². The zero-order chi connectivity index (χ0) is 21.5. The van der Waals surface area contributed by atoms with Gasteiger partial charge in [-0.3, -0.25) is 4.79 Å². The second-order valence-electron chi connectivity index (χ2n) is 9.84. The average molecular weight is 407 g/mol. The number of rotatable bonds is 4. The number of hydrogen-bond donors (Lipinski definition) is 2. The van der Waals surface area contributed by atoms with Gasteiger partial charge in [0, 0.05) is 18.3 Å². The van der Waals surface area contributed by atoms with Crippen LogP contribution >= 0.6 is 0 Å². The van der Waals surface area contributed by atoms with Gasteiger partial charge in [-0.1, -0.05) is 39.5 Å². The van der Waals surface area contributed by atoms with E-state index in [0.29, 0.717) is 36.7 Å². The van der Waals surface area contributed by atoms with E-state index in [1.807, 2.05) is 13.8 Å². The zero-order valence-corrected chi connectivity index (χ0v) is 18.4. The molecule has 2 heterocycles. The van der Waals surface area contributed by atoms with Crippen molar-refractivity contribution >= 4 is 5.97 Å². The highest BCUT2D eigenvalue weighted by Crippen LogP contribution is 2.55. The topological polar surface area (TPSA) is 76.0 Å². The first kappa shape index (κ1) is 22.5. The Kier molecular flexibility index (Phi) is 6.62. The molecule has 5 nitrogen and oxygen atoms in total. The average Bonchev–Trinajstić information content (AvgIpc) is 3.07. The lowest BCUT2D eigenvalue weighted by atomic mass is 9.60. The molecular formula is C24H38O5. The standard InChI is InChI=1S/C24H38O5/c1-7-8-18(26)29-24(6)12-11-17(25)15(5)21(27)22-19-14(4)9-10-16(13(2)3)20(19)23(24)28-22/h13,16-17,19-23,25,27H,4-5,7-12H2,1-3,6H3/t16-,17+,19+,20-,21-,22+,23-,24-/m1/s1. The van der Waals surface area contributed by atoms with Gasteiger partial charge in [0.1, 0.15) is 17.8 Å². The summed E-state index contributed by atoms with van der Waals surface area (Å²) in [5, 5.41) is 21.6. The van der Waals surface area contributed by atoms with Gasteiger partial charge in [0.15, 0.2) is 0 Å². The summed E-state index contributed by atoms with van der Waals surface area (Å²) in [5.41, 5.74) is 0.613. The fourth-order valence-electron chi connectivity index (χ4n) is 5.84. The van der Waals surface area contributed by atoms with Crippen LogP contribution < -0.4 is 0 Å². The second-order valence-corrected chi connectivity index (χ2v) is 9.84. The molecule has 3 rings (SSSR count). The molecular weight excluding hydrogens is 368 g/mol. The SMILES string of the molecule is C=C1CC[C@H](C(C)C)[C@@H]2[C@H]1[C@@H]1O[C@H]2[C@](C)(OC(=O)CCC)CC[C@H](O)C(=C)[C@H]1O. The number of carbonyl (C=O) groups excluding carboxylic acids is 1. The smallest absolute Gasteiger partial charge is 0.306 e. The molecule has 2 aliphatic heterocycles. The van der Waals surface area contributed by atoms with Crippen LogP contribution in [0.5, 0.6) is 0 Å². The molecule has 164 valence electrons. The van der Waals surface area contributed by atoms with Crippen LogP contribution in [-0.4, -0.2) is 46.2 Å². The number of carbonyl (C=O) groups is 1. The number of aliphatic hydroxyl groups excluding tert-OH is 2. The van der Waals surface area contributed by atoms with E-state index in [-0.39, 0.29) is 23.9 Å². The zero-order valence-electron chi connectivity index (χ0n) is 18.4. The Morgan fingerprint density at radius 3 is 2.62 bits per heavy atom. The minimum atomic E-state index is -0.959. The highest BCUT2D eigenvalue weighted by Gasteiger charge is 2.60. The lowest BCUT2D eigenvalue weighted by Crippen LogP contribution is -2.51. The molecule has 1 saturated carbocycles. The first-order chi connectivity index (χ1) is 13.6. The normalized spacial score (nSPS) is 42.8. The summed E-state index contributed by atoms with van der Waals surface area (Å²) in [4.78, 5) is 12.5. The maximum atomic E-state index is 12.5. The van der Waals surface area contributed by atoms with Gasteiger partial charge >= 0.3 is 5.97 Å². The third kappa shape index (κ3) is 4.06. The van der Waals surface area contributed by atoms with E-state index < -0.39 is 23.9 Å². The van der Waals surface area contributed by atoms with Crippen LogP contribution in [0.1, 0.15) is 66.2 Å². The lowest BCUT2D eigenvalue weighted by molar-refractivity contribution is -0.183. The number of ether oxygens (including phenoxy) is 2. The van der Waals surface area contributed by atoms with E-state index in [2.05, 4.69) is 27.0 Å². The molecule has 0 amide bonds. The van der Waals surface area contributed by atoms with E-state index in [1.54, 1.807) is 0 Å². The molecule has 0 aromatic rings. The van der Waals surface area contributed by atoms with E-state index in [9.17, 15) is 15.0 Å². The molecule has 0 spiro atoms. The van der Waals surface area contributed by atoms with Gasteiger partial charge in [0.05, 0.1) is 12.2 Å². The molecule has 2 saturated heterocycles. The van der Waals surface area contributed by atoms with Gasteiger partial charge in [-0.2, -0.15) is 0 Å². The van der Waals surface area contributed by atoms with Gasteiger partial charge in [0.25, 0.3) is 0 Å². The predicted octanol–water partition coefficient (Wildman–Crippen LogP) is 3.78. The van der Waals surface area contributed by atoms with Crippen molar-refractivity contribution in [1.29, 1.82) is 0 Å². The number of hydrogen-bond acceptors (Lipinski definition) is 5. The van der Waals surface area contributed by atoms with E-state index in [0.717, 1.165) is 24.8 Å². The number of aliphatic hydroxyl groups is 2. The van der Waals surface area contributed by atoms with Crippen LogP contribution in [0.25, 0.3) is 0 Å². The molecule has 0 unspecified atom stereocenters. The Labute approximate surface area is 175 Å². The first-order valence-corrected chi connectivity index (χ1v) is 11.2. The molecule has 0 aromatic carbocycles. The largest absolute Gasteiger partial charge is 0.457 e. The summed E-state index contributed by atoms with van der Waals surface area (Å²) in [7, 11) is 0. The monoisotopic (exact) mass is 406 g/mol. The maximum absolute atomic E-state index is 12.5. The van der Waals surface area contributed by atoms with Gasteiger partial charge in [-0.05, 0) is 56.4 Å². The third-order valence-corrected chi connectivity index (χ3v) is 7.48. The van der Waals surface area contributed by atoms with Crippen LogP contribution in [-0.2, 0) is 14.3 Å². The molecule has 3 aliphatic rings. The molecule has 0 radical (unpaired) electrons. The van der Waals surface area contributed by atoms with Crippen molar-refractivity contribution in [2.75, 3.05) is 0 Å². The number of fused-ring (bicyclic) bond motifs is 5. The van der Waals surface area contributed by atoms with E-state index >= 15 is 0 Å². The maximum Gasteiger partial charge on any atom is 0.306 e. The van der Waals surface area contributed by atoms with Gasteiger partial charge in [-0.25, -0.2) is 0 Å². The summed E-state index contributed by atoms with van der Waals surface area (Å²) in [5.74, 6) is 0.711. The Hall–Kier alpha value is -1.17. The fourth-order valence-corrected chi connectivity index (χ4v) is 5.84. The molecule has 3 fully saturated rings. The molecule has 29 heavy (non-hydrogen) atoms. The molecule has 2 bridgehead atoms. The molecule has 8 atom stereocenters. The molecule has 0 aromatic heterocycles. The lowest BCUT2D eigenvalue weighted by Gasteiger charge is -2.45. The minimum absolute atomic E-state index is 0.0256. The quantitative estimate of drug-likeness (QED) is 0.549. The minimum Gasteiger partial charge on any atom is -0.457 e. The predicted molar refractivity (Wildman–Crippen MR) is 112 cm³/mol. The van der Waals surface area contributed by atoms with Crippen LogP contribution in [0.2, 0.25) is 0 Å². The molecule has 5 heteroatoms. The first-order valence-electron chi connectivity index (χ1n) is 11.2. The number of esters is 1. The van der Waals surface area contributed by atoms with E-state index in [1.165, 1.54) is 0 Å². The Morgan fingerprint density at radius 1 is 1.31 bits per heavy atom. The van der Waals surface area contributed by atoms with Gasteiger partial charge < -0.3 is 19.7 Å². The fraction of sp³-hybridized carbons (Fsp3) is 0.792. The van der Waals surface area contributed by atoms with Crippen LogP contribution in [0.3, 0.4) is 0 Å². The summed E-state index contributed by atoms with van der Waals surface area (Å²) in [6.07, 6.45) is 1.20. The molecule has 2 N–H and O–H groups in total. The highest BCUT2D eigenvalue weighted by atomic mass is 16.6. The Balaban J connectivity index is 2.06. The van der Waals surface area contributed by atoms with Crippen LogP contribution in [0, 0.1) is 23.7 Å². The Bertz CT molecular complexity index is 656. The molecule has 1 aliphatic carbocycles. The van der Waals surface area contributed by atoms with Crippen LogP contribution in [0.15, 0.2) is 24.3 Å². The van der Waals surface area contributed by atoms with Crippen molar-refractivity contribution in [2.45, 2.75) is 96.2 Å². The van der Waals surface area contributed by atoms with Crippen molar-refractivity contribution in [3.05, 3.63) is 24.3 Å². The summed E-state index contributed by atoms with van der Waals surface area (Å²) < 4.78 is 12.6. The summed E-state index contributed by atoms with van der Waals surface area (Å²) >= 11 is 0. The van der Waals surface area contributed by atoms with E-state index in [4.69, 9.17) is 9.47 Å². The summed E-state index contributed by atoms with van der Waals surface area (Å²) in [6.45, 7) is 16.6. The van der Waals surface area contributed by atoms with Gasteiger partial charge in [-0.15, -0.1) is 0 Å².